The summed E-state index contributed by atoms with van der Waals surface area (Å²) in [4.78, 5) is 13.9. The molecule has 0 radical (unpaired) electrons. The van der Waals surface area contributed by atoms with Gasteiger partial charge >= 0.3 is 0 Å². The van der Waals surface area contributed by atoms with E-state index in [1.54, 1.807) is 48.5 Å². The maximum Gasteiger partial charge on any atom is 0.278 e. The largest absolute Gasteiger partial charge is 0.504 e. The number of halogens is 5. The van der Waals surface area contributed by atoms with Crippen LogP contribution >= 0.6 is 34.8 Å². The van der Waals surface area contributed by atoms with Crippen molar-refractivity contribution in [3.8, 4) is 22.7 Å². The van der Waals surface area contributed by atoms with E-state index in [1.165, 1.54) is 4.68 Å². The molecular weight excluding hydrogens is 471 g/mol. The number of alkyl halides is 3. The molecule has 0 spiro atoms. The maximum atomic E-state index is 13.6. The highest BCUT2D eigenvalue weighted by atomic mass is 35.5. The zero-order valence-corrected chi connectivity index (χ0v) is 18.6. The van der Waals surface area contributed by atoms with Gasteiger partial charge in [0.2, 0.25) is 0 Å². The molecule has 1 heterocycles. The van der Waals surface area contributed by atoms with Crippen LogP contribution < -0.4 is 0 Å². The van der Waals surface area contributed by atoms with E-state index in [9.17, 15) is 18.7 Å². The van der Waals surface area contributed by atoms with Gasteiger partial charge in [-0.05, 0) is 24.3 Å². The van der Waals surface area contributed by atoms with E-state index in [0.29, 0.717) is 28.2 Å². The molecule has 1 aromatic heterocycles. The Hall–Kier alpha value is -2.35. The van der Waals surface area contributed by atoms with Gasteiger partial charge < -0.3 is 10.0 Å². The molecule has 0 aliphatic heterocycles. The van der Waals surface area contributed by atoms with Gasteiger partial charge in [0.15, 0.2) is 11.4 Å². The molecule has 1 N–H and O–H groups in total. The molecule has 0 saturated carbocycles. The van der Waals surface area contributed by atoms with E-state index in [2.05, 4.69) is 5.10 Å². The first-order chi connectivity index (χ1) is 14.6. The third-order valence-electron chi connectivity index (χ3n) is 4.37. The SMILES string of the molecule is CC(F)(F)CN(CCCl)C(=O)c1nn(-c2ccccc2Cl)c(-c2ccc(Cl)cc2)c1O. The van der Waals surface area contributed by atoms with Gasteiger partial charge in [-0.1, -0.05) is 47.5 Å². The predicted molar refractivity (Wildman–Crippen MR) is 118 cm³/mol. The lowest BCUT2D eigenvalue weighted by Gasteiger charge is -2.24. The Balaban J connectivity index is 2.18. The van der Waals surface area contributed by atoms with Crippen LogP contribution in [0.1, 0.15) is 17.4 Å². The normalized spacial score (nSPS) is 11.5. The zero-order valence-electron chi connectivity index (χ0n) is 16.3. The van der Waals surface area contributed by atoms with Gasteiger partial charge in [-0.25, -0.2) is 13.5 Å². The molecule has 31 heavy (non-hydrogen) atoms. The third kappa shape index (κ3) is 5.29. The van der Waals surface area contributed by atoms with Gasteiger partial charge in [-0.2, -0.15) is 5.10 Å². The van der Waals surface area contributed by atoms with Crippen LogP contribution in [0.25, 0.3) is 16.9 Å². The second kappa shape index (κ2) is 9.42. The molecule has 0 aliphatic carbocycles. The van der Waals surface area contributed by atoms with Crippen molar-refractivity contribution in [3.05, 3.63) is 64.3 Å². The van der Waals surface area contributed by atoms with Crippen molar-refractivity contribution in [1.82, 2.24) is 14.7 Å². The molecular formula is C21H18Cl3F2N3O2. The summed E-state index contributed by atoms with van der Waals surface area (Å²) in [6.07, 6.45) is 0. The van der Waals surface area contributed by atoms with Crippen LogP contribution in [0.15, 0.2) is 48.5 Å². The first-order valence-corrected chi connectivity index (χ1v) is 10.5. The molecule has 10 heteroatoms. The monoisotopic (exact) mass is 487 g/mol. The highest BCUT2D eigenvalue weighted by Crippen LogP contribution is 2.37. The van der Waals surface area contributed by atoms with E-state index >= 15 is 0 Å². The summed E-state index contributed by atoms with van der Waals surface area (Å²) in [5.41, 5.74) is 0.674. The molecule has 2 aromatic carbocycles. The number of amides is 1. The Bertz CT molecular complexity index is 1080. The standard InChI is InChI=1S/C21H18Cl3F2N3O2/c1-21(25,26)12-28(11-10-22)20(31)17-19(30)18(13-6-8-14(23)9-7-13)29(27-17)16-5-3-2-4-15(16)24/h2-9,30H,10-12H2,1H3. The lowest BCUT2D eigenvalue weighted by Crippen LogP contribution is -2.41. The summed E-state index contributed by atoms with van der Waals surface area (Å²) in [6.45, 7) is -0.311. The fourth-order valence-electron chi connectivity index (χ4n) is 3.06. The van der Waals surface area contributed by atoms with E-state index in [1.807, 2.05) is 0 Å². The molecule has 5 nitrogen and oxygen atoms in total. The van der Waals surface area contributed by atoms with Crippen LogP contribution in [0.2, 0.25) is 10.0 Å². The highest BCUT2D eigenvalue weighted by molar-refractivity contribution is 6.32. The number of aromatic hydroxyl groups is 1. The third-order valence-corrected chi connectivity index (χ3v) is 5.11. The van der Waals surface area contributed by atoms with Crippen molar-refractivity contribution in [1.29, 1.82) is 0 Å². The predicted octanol–water partition coefficient (Wildman–Crippen LogP) is 5.89. The van der Waals surface area contributed by atoms with E-state index in [-0.39, 0.29) is 23.8 Å². The lowest BCUT2D eigenvalue weighted by molar-refractivity contribution is -0.00999. The molecule has 0 saturated heterocycles. The van der Waals surface area contributed by atoms with Gasteiger partial charge in [0, 0.05) is 29.9 Å². The van der Waals surface area contributed by atoms with Crippen molar-refractivity contribution < 1.29 is 18.7 Å². The minimum Gasteiger partial charge on any atom is -0.504 e. The Morgan fingerprint density at radius 2 is 1.81 bits per heavy atom. The molecule has 3 aromatic rings. The number of aromatic nitrogens is 2. The number of hydrogen-bond donors (Lipinski definition) is 1. The number of nitrogens with zero attached hydrogens (tertiary/aromatic N) is 3. The van der Waals surface area contributed by atoms with Crippen LogP contribution in [-0.2, 0) is 0 Å². The summed E-state index contributed by atoms with van der Waals surface area (Å²) in [6, 6.07) is 13.2. The molecule has 0 atom stereocenters. The highest BCUT2D eigenvalue weighted by Gasteiger charge is 2.33. The Morgan fingerprint density at radius 1 is 1.16 bits per heavy atom. The van der Waals surface area contributed by atoms with Gasteiger partial charge in [-0.15, -0.1) is 11.6 Å². The minimum atomic E-state index is -3.15. The van der Waals surface area contributed by atoms with Crippen molar-refractivity contribution in [3.63, 3.8) is 0 Å². The van der Waals surface area contributed by atoms with E-state index in [4.69, 9.17) is 34.8 Å². The van der Waals surface area contributed by atoms with Gasteiger partial charge in [0.25, 0.3) is 11.8 Å². The van der Waals surface area contributed by atoms with Gasteiger partial charge in [-0.3, -0.25) is 4.79 Å². The van der Waals surface area contributed by atoms with Crippen LogP contribution in [0.4, 0.5) is 8.78 Å². The minimum absolute atomic E-state index is 0.0577. The Morgan fingerprint density at radius 3 is 2.39 bits per heavy atom. The Labute approximate surface area is 192 Å². The first kappa shape index (κ1) is 23.3. The molecule has 0 unspecified atom stereocenters. The van der Waals surface area contributed by atoms with E-state index < -0.39 is 24.1 Å². The number of carbonyl (C=O) groups is 1. The molecule has 3 rings (SSSR count). The van der Waals surface area contributed by atoms with E-state index in [0.717, 1.165) is 4.90 Å². The molecule has 1 amide bonds. The average molecular weight is 489 g/mol. The summed E-state index contributed by atoms with van der Waals surface area (Å²) in [5, 5.41) is 16.0. The van der Waals surface area contributed by atoms with Crippen LogP contribution in [0.3, 0.4) is 0 Å². The number of rotatable bonds is 7. The number of benzene rings is 2. The summed E-state index contributed by atoms with van der Waals surface area (Å²) < 4.78 is 28.5. The van der Waals surface area contributed by atoms with Crippen LogP contribution in [-0.4, -0.2) is 50.6 Å². The topological polar surface area (TPSA) is 58.4 Å². The fraction of sp³-hybridized carbons (Fsp3) is 0.238. The maximum absolute atomic E-state index is 13.6. The smallest absolute Gasteiger partial charge is 0.278 e. The van der Waals surface area contributed by atoms with Crippen molar-refractivity contribution in [2.24, 2.45) is 0 Å². The quantitative estimate of drug-likeness (QED) is 0.422. The van der Waals surface area contributed by atoms with Crippen LogP contribution in [0, 0.1) is 0 Å². The fourth-order valence-corrected chi connectivity index (χ4v) is 3.60. The van der Waals surface area contributed by atoms with Crippen molar-refractivity contribution >= 4 is 40.7 Å². The molecule has 0 aliphatic rings. The Kier molecular flexibility index (Phi) is 7.09. The molecule has 0 bridgehead atoms. The molecule has 164 valence electrons. The summed E-state index contributed by atoms with van der Waals surface area (Å²) in [7, 11) is 0. The van der Waals surface area contributed by atoms with Crippen molar-refractivity contribution in [2.45, 2.75) is 12.8 Å². The number of hydrogen-bond acceptors (Lipinski definition) is 3. The second-order valence-corrected chi connectivity index (χ2v) is 8.12. The zero-order chi connectivity index (χ0) is 22.8. The van der Waals surface area contributed by atoms with Gasteiger partial charge in [0.1, 0.15) is 5.69 Å². The van der Waals surface area contributed by atoms with Crippen LogP contribution in [0.5, 0.6) is 5.75 Å². The summed E-state index contributed by atoms with van der Waals surface area (Å²) >= 11 is 18.0. The average Bonchev–Trinajstić information content (AvgIpc) is 3.04. The second-order valence-electron chi connectivity index (χ2n) is 6.90. The van der Waals surface area contributed by atoms with Gasteiger partial charge in [0.05, 0.1) is 17.3 Å². The van der Waals surface area contributed by atoms with Crippen molar-refractivity contribution in [2.75, 3.05) is 19.0 Å². The molecule has 0 fully saturated rings. The number of para-hydroxylation sites is 1. The summed E-state index contributed by atoms with van der Waals surface area (Å²) in [5.74, 6) is -4.55. The first-order valence-electron chi connectivity index (χ1n) is 9.18. The lowest BCUT2D eigenvalue weighted by atomic mass is 10.1. The number of carbonyl (C=O) groups excluding carboxylic acids is 1.